The lowest BCUT2D eigenvalue weighted by atomic mass is 10.1. The molecule has 5 heteroatoms. The standard InChI is InChI=1S/C10H15NO4/c1-7(2)9-5-8(11-15-9)6-14-4-3-10(12)13/h5,7H,3-4,6H2,1-2H3,(H,12,13). The van der Waals surface area contributed by atoms with E-state index in [-0.39, 0.29) is 13.0 Å². The van der Waals surface area contributed by atoms with Gasteiger partial charge < -0.3 is 14.4 Å². The largest absolute Gasteiger partial charge is 0.481 e. The van der Waals surface area contributed by atoms with E-state index in [0.717, 1.165) is 5.76 Å². The van der Waals surface area contributed by atoms with Gasteiger partial charge in [-0.1, -0.05) is 19.0 Å². The molecule has 0 bridgehead atoms. The summed E-state index contributed by atoms with van der Waals surface area (Å²) in [6, 6.07) is 1.82. The third-order valence-corrected chi connectivity index (χ3v) is 1.86. The molecule has 0 aliphatic carbocycles. The minimum Gasteiger partial charge on any atom is -0.481 e. The first kappa shape index (κ1) is 11.7. The second-order valence-electron chi connectivity index (χ2n) is 3.57. The van der Waals surface area contributed by atoms with Crippen LogP contribution in [0, 0.1) is 0 Å². The number of carboxylic acid groups (broad SMARTS) is 1. The van der Waals surface area contributed by atoms with Crippen LogP contribution in [0.2, 0.25) is 0 Å². The Hall–Kier alpha value is -1.36. The van der Waals surface area contributed by atoms with Crippen LogP contribution in [-0.4, -0.2) is 22.8 Å². The highest BCUT2D eigenvalue weighted by Gasteiger charge is 2.07. The number of hydrogen-bond donors (Lipinski definition) is 1. The highest BCUT2D eigenvalue weighted by atomic mass is 16.5. The van der Waals surface area contributed by atoms with Crippen molar-refractivity contribution in [3.8, 4) is 0 Å². The summed E-state index contributed by atoms with van der Waals surface area (Å²) >= 11 is 0. The van der Waals surface area contributed by atoms with E-state index in [1.54, 1.807) is 0 Å². The Bertz CT molecular complexity index is 319. The molecule has 1 heterocycles. The van der Waals surface area contributed by atoms with Gasteiger partial charge in [-0.2, -0.15) is 0 Å². The van der Waals surface area contributed by atoms with Crippen LogP contribution in [0.4, 0.5) is 0 Å². The molecule has 84 valence electrons. The van der Waals surface area contributed by atoms with Gasteiger partial charge in [-0.25, -0.2) is 0 Å². The molecule has 0 unspecified atom stereocenters. The third kappa shape index (κ3) is 4.12. The summed E-state index contributed by atoms with van der Waals surface area (Å²) in [4.78, 5) is 10.2. The van der Waals surface area contributed by atoms with E-state index in [9.17, 15) is 4.79 Å². The monoisotopic (exact) mass is 213 g/mol. The Morgan fingerprint density at radius 3 is 2.93 bits per heavy atom. The zero-order valence-electron chi connectivity index (χ0n) is 8.90. The molecule has 0 saturated carbocycles. The lowest BCUT2D eigenvalue weighted by Crippen LogP contribution is -2.02. The van der Waals surface area contributed by atoms with Crippen molar-refractivity contribution in [1.82, 2.24) is 5.16 Å². The number of aliphatic carboxylic acids is 1. The highest BCUT2D eigenvalue weighted by molar-refractivity contribution is 5.66. The number of aromatic nitrogens is 1. The Morgan fingerprint density at radius 1 is 1.67 bits per heavy atom. The van der Waals surface area contributed by atoms with Crippen molar-refractivity contribution in [2.45, 2.75) is 32.8 Å². The smallest absolute Gasteiger partial charge is 0.305 e. The van der Waals surface area contributed by atoms with Gasteiger partial charge in [0.1, 0.15) is 11.5 Å². The summed E-state index contributed by atoms with van der Waals surface area (Å²) in [5.41, 5.74) is 0.698. The van der Waals surface area contributed by atoms with Gasteiger partial charge in [0.2, 0.25) is 0 Å². The number of ether oxygens (including phenoxy) is 1. The van der Waals surface area contributed by atoms with Crippen LogP contribution in [0.25, 0.3) is 0 Å². The normalized spacial score (nSPS) is 10.9. The van der Waals surface area contributed by atoms with E-state index in [2.05, 4.69) is 5.16 Å². The molecule has 0 aromatic carbocycles. The van der Waals surface area contributed by atoms with E-state index >= 15 is 0 Å². The van der Waals surface area contributed by atoms with E-state index in [0.29, 0.717) is 18.2 Å². The summed E-state index contributed by atoms with van der Waals surface area (Å²) < 4.78 is 10.2. The Kier molecular flexibility index (Phi) is 4.30. The Labute approximate surface area is 88.0 Å². The predicted molar refractivity (Wildman–Crippen MR) is 52.5 cm³/mol. The average molecular weight is 213 g/mol. The average Bonchev–Trinajstić information content (AvgIpc) is 2.60. The van der Waals surface area contributed by atoms with Gasteiger partial charge in [-0.15, -0.1) is 0 Å². The highest BCUT2D eigenvalue weighted by Crippen LogP contribution is 2.15. The van der Waals surface area contributed by atoms with Crippen LogP contribution in [-0.2, 0) is 16.1 Å². The summed E-state index contributed by atoms with van der Waals surface area (Å²) in [6.07, 6.45) is 0.00882. The summed E-state index contributed by atoms with van der Waals surface area (Å²) in [7, 11) is 0. The predicted octanol–water partition coefficient (Wildman–Crippen LogP) is 1.79. The molecular weight excluding hydrogens is 198 g/mol. The fraction of sp³-hybridized carbons (Fsp3) is 0.600. The SMILES string of the molecule is CC(C)c1cc(COCCC(=O)O)no1. The molecule has 1 rings (SSSR count). The molecule has 1 aromatic rings. The van der Waals surface area contributed by atoms with Crippen molar-refractivity contribution in [3.05, 3.63) is 17.5 Å². The van der Waals surface area contributed by atoms with Crippen LogP contribution >= 0.6 is 0 Å². The first-order valence-corrected chi connectivity index (χ1v) is 4.84. The molecule has 1 aromatic heterocycles. The minimum atomic E-state index is -0.863. The van der Waals surface area contributed by atoms with Crippen LogP contribution < -0.4 is 0 Å². The van der Waals surface area contributed by atoms with Gasteiger partial charge in [-0.05, 0) is 0 Å². The third-order valence-electron chi connectivity index (χ3n) is 1.86. The van der Waals surface area contributed by atoms with Crippen molar-refractivity contribution in [2.24, 2.45) is 0 Å². The van der Waals surface area contributed by atoms with Gasteiger partial charge in [0.25, 0.3) is 0 Å². The molecule has 0 aliphatic rings. The van der Waals surface area contributed by atoms with Crippen LogP contribution in [0.3, 0.4) is 0 Å². The van der Waals surface area contributed by atoms with Gasteiger partial charge in [0.15, 0.2) is 0 Å². The maximum atomic E-state index is 10.2. The van der Waals surface area contributed by atoms with Crippen LogP contribution in [0.5, 0.6) is 0 Å². The number of nitrogens with zero attached hydrogens (tertiary/aromatic N) is 1. The van der Waals surface area contributed by atoms with Crippen molar-refractivity contribution in [2.75, 3.05) is 6.61 Å². The van der Waals surface area contributed by atoms with Crippen LogP contribution in [0.1, 0.15) is 37.6 Å². The lowest BCUT2D eigenvalue weighted by Gasteiger charge is -1.97. The summed E-state index contributed by atoms with van der Waals surface area (Å²) in [6.45, 7) is 4.51. The maximum absolute atomic E-state index is 10.2. The van der Waals surface area contributed by atoms with Crippen molar-refractivity contribution in [3.63, 3.8) is 0 Å². The molecule has 0 saturated heterocycles. The molecule has 15 heavy (non-hydrogen) atoms. The van der Waals surface area contributed by atoms with E-state index in [1.807, 2.05) is 19.9 Å². The first-order chi connectivity index (χ1) is 7.09. The van der Waals surface area contributed by atoms with E-state index < -0.39 is 5.97 Å². The molecule has 0 aliphatic heterocycles. The molecule has 0 fully saturated rings. The molecule has 5 nitrogen and oxygen atoms in total. The quantitative estimate of drug-likeness (QED) is 0.729. The van der Waals surface area contributed by atoms with Crippen LogP contribution in [0.15, 0.2) is 10.6 Å². The molecule has 1 N–H and O–H groups in total. The molecule has 0 radical (unpaired) electrons. The van der Waals surface area contributed by atoms with E-state index in [4.69, 9.17) is 14.4 Å². The lowest BCUT2D eigenvalue weighted by molar-refractivity contribution is -0.138. The number of rotatable bonds is 6. The van der Waals surface area contributed by atoms with Gasteiger partial charge in [0, 0.05) is 12.0 Å². The molecular formula is C10H15NO4. The number of carboxylic acids is 1. The molecule has 0 amide bonds. The maximum Gasteiger partial charge on any atom is 0.305 e. The zero-order valence-corrected chi connectivity index (χ0v) is 8.90. The second kappa shape index (κ2) is 5.50. The van der Waals surface area contributed by atoms with Crippen molar-refractivity contribution >= 4 is 5.97 Å². The van der Waals surface area contributed by atoms with Crippen molar-refractivity contribution < 1.29 is 19.2 Å². The van der Waals surface area contributed by atoms with Crippen molar-refractivity contribution in [1.29, 1.82) is 0 Å². The van der Waals surface area contributed by atoms with E-state index in [1.165, 1.54) is 0 Å². The summed E-state index contributed by atoms with van der Waals surface area (Å²) in [5.74, 6) is 0.245. The van der Waals surface area contributed by atoms with Gasteiger partial charge in [0.05, 0.1) is 19.6 Å². The Balaban J connectivity index is 2.28. The van der Waals surface area contributed by atoms with Gasteiger partial charge >= 0.3 is 5.97 Å². The number of hydrogen-bond acceptors (Lipinski definition) is 4. The van der Waals surface area contributed by atoms with Gasteiger partial charge in [-0.3, -0.25) is 4.79 Å². The second-order valence-corrected chi connectivity index (χ2v) is 3.57. The minimum absolute atomic E-state index is 0.00882. The number of carbonyl (C=O) groups is 1. The zero-order chi connectivity index (χ0) is 11.3. The first-order valence-electron chi connectivity index (χ1n) is 4.84. The Morgan fingerprint density at radius 2 is 2.40 bits per heavy atom. The summed E-state index contributed by atoms with van der Waals surface area (Å²) in [5, 5.41) is 12.2. The molecule has 0 atom stereocenters. The topological polar surface area (TPSA) is 72.6 Å². The fourth-order valence-electron chi connectivity index (χ4n) is 1.00. The fourth-order valence-corrected chi connectivity index (χ4v) is 1.00. The molecule has 0 spiro atoms.